The Morgan fingerprint density at radius 1 is 1.14 bits per heavy atom. The van der Waals surface area contributed by atoms with Crippen molar-refractivity contribution < 1.29 is 4.74 Å². The molecule has 1 N–H and O–H groups in total. The van der Waals surface area contributed by atoms with Crippen LogP contribution in [0.2, 0.25) is 5.02 Å². The molecule has 0 bridgehead atoms. The lowest BCUT2D eigenvalue weighted by molar-refractivity contribution is 0.523. The summed E-state index contributed by atoms with van der Waals surface area (Å²) in [5, 5.41) is 11.9. The molecule has 21 heavy (non-hydrogen) atoms. The quantitative estimate of drug-likeness (QED) is 0.393. The number of benzene rings is 2. The van der Waals surface area contributed by atoms with E-state index < -0.39 is 0 Å². The van der Waals surface area contributed by atoms with Crippen LogP contribution < -0.4 is 10.1 Å². The first-order valence-corrected chi connectivity index (χ1v) is 6.71. The third-order valence-corrected chi connectivity index (χ3v) is 3.08. The lowest BCUT2D eigenvalue weighted by Crippen LogP contribution is -2.24. The van der Waals surface area contributed by atoms with Crippen LogP contribution in [0, 0.1) is 25.3 Å². The topological polar surface area (TPSA) is 57.4 Å². The number of nitriles is 1. The summed E-state index contributed by atoms with van der Waals surface area (Å²) in [6.45, 7) is 3.88. The van der Waals surface area contributed by atoms with Gasteiger partial charge in [-0.25, -0.2) is 5.32 Å². The fraction of sp³-hybridized carbons (Fsp3) is 0.125. The number of amidine groups is 1. The predicted octanol–water partition coefficient (Wildman–Crippen LogP) is 4.09. The second-order valence-corrected chi connectivity index (χ2v) is 4.89. The molecule has 5 heteroatoms. The zero-order chi connectivity index (χ0) is 15.2. The van der Waals surface area contributed by atoms with Gasteiger partial charge in [0.05, 0.1) is 5.69 Å². The van der Waals surface area contributed by atoms with E-state index in [-0.39, 0.29) is 6.02 Å². The SMILES string of the molecule is Cc1cccc(C)c1OC(=Nc1ccc(Cl)cc1)NC#N. The van der Waals surface area contributed by atoms with E-state index in [2.05, 4.69) is 10.3 Å². The number of ether oxygens (including phenoxy) is 1. The Bertz CT molecular complexity index is 682. The molecule has 0 aromatic heterocycles. The largest absolute Gasteiger partial charge is 0.425 e. The van der Waals surface area contributed by atoms with Crippen molar-refractivity contribution in [1.29, 1.82) is 5.26 Å². The number of aryl methyl sites for hydroxylation is 2. The Labute approximate surface area is 128 Å². The summed E-state index contributed by atoms with van der Waals surface area (Å²) in [5.74, 6) is 0.688. The van der Waals surface area contributed by atoms with Crippen LogP contribution in [0.25, 0.3) is 0 Å². The fourth-order valence-electron chi connectivity index (χ4n) is 1.81. The number of aliphatic imine (C=N–C) groups is 1. The molecule has 0 aliphatic heterocycles. The number of nitrogens with zero attached hydrogens (tertiary/aromatic N) is 2. The van der Waals surface area contributed by atoms with Crippen LogP contribution in [0.4, 0.5) is 5.69 Å². The van der Waals surface area contributed by atoms with E-state index >= 15 is 0 Å². The van der Waals surface area contributed by atoms with Gasteiger partial charge in [-0.15, -0.1) is 0 Å². The van der Waals surface area contributed by atoms with Gasteiger partial charge in [-0.3, -0.25) is 0 Å². The smallest absolute Gasteiger partial charge is 0.309 e. The van der Waals surface area contributed by atoms with E-state index in [4.69, 9.17) is 21.6 Å². The molecule has 0 aliphatic rings. The van der Waals surface area contributed by atoms with Crippen molar-refractivity contribution >= 4 is 23.3 Å². The van der Waals surface area contributed by atoms with E-state index in [1.807, 2.05) is 38.2 Å². The first kappa shape index (κ1) is 14.9. The van der Waals surface area contributed by atoms with Crippen molar-refractivity contribution in [3.8, 4) is 11.9 Å². The van der Waals surface area contributed by atoms with Crippen LogP contribution in [0.3, 0.4) is 0 Å². The number of halogens is 1. The van der Waals surface area contributed by atoms with Crippen molar-refractivity contribution in [3.63, 3.8) is 0 Å². The van der Waals surface area contributed by atoms with Gasteiger partial charge in [0.1, 0.15) is 5.75 Å². The molecule has 0 heterocycles. The molecule has 2 rings (SSSR count). The van der Waals surface area contributed by atoms with E-state index in [0.717, 1.165) is 11.1 Å². The maximum Gasteiger partial charge on any atom is 0.309 e. The Morgan fingerprint density at radius 2 is 1.76 bits per heavy atom. The highest BCUT2D eigenvalue weighted by molar-refractivity contribution is 6.30. The summed E-state index contributed by atoms with van der Waals surface area (Å²) in [5.41, 5.74) is 2.58. The maximum absolute atomic E-state index is 8.83. The van der Waals surface area contributed by atoms with Gasteiger partial charge in [-0.1, -0.05) is 29.8 Å². The van der Waals surface area contributed by atoms with E-state index in [9.17, 15) is 0 Å². The average Bonchev–Trinajstić information content (AvgIpc) is 2.45. The normalized spacial score (nSPS) is 10.9. The van der Waals surface area contributed by atoms with Crippen LogP contribution in [0.1, 0.15) is 11.1 Å². The lowest BCUT2D eigenvalue weighted by Gasteiger charge is -2.11. The van der Waals surface area contributed by atoms with Crippen LogP contribution in [-0.4, -0.2) is 6.02 Å². The van der Waals surface area contributed by atoms with Gasteiger partial charge >= 0.3 is 6.02 Å². The lowest BCUT2D eigenvalue weighted by atomic mass is 10.1. The fourth-order valence-corrected chi connectivity index (χ4v) is 1.94. The summed E-state index contributed by atoms with van der Waals surface area (Å²) in [6.07, 6.45) is 1.83. The van der Waals surface area contributed by atoms with Gasteiger partial charge in [0.2, 0.25) is 0 Å². The Morgan fingerprint density at radius 3 is 2.33 bits per heavy atom. The molecule has 0 radical (unpaired) electrons. The molecule has 0 saturated carbocycles. The first-order chi connectivity index (χ1) is 10.1. The minimum atomic E-state index is 0.122. The molecule has 0 spiro atoms. The number of nitrogens with one attached hydrogen (secondary N) is 1. The standard InChI is InChI=1S/C16H14ClN3O/c1-11-4-3-5-12(2)15(11)21-16(19-10-18)20-14-8-6-13(17)7-9-14/h3-9H,1-2H3,(H,19,20). The summed E-state index contributed by atoms with van der Waals surface area (Å²) in [4.78, 5) is 4.27. The molecular weight excluding hydrogens is 286 g/mol. The van der Waals surface area contributed by atoms with Gasteiger partial charge in [0.25, 0.3) is 0 Å². The van der Waals surface area contributed by atoms with Crippen molar-refractivity contribution in [2.75, 3.05) is 0 Å². The summed E-state index contributed by atoms with van der Waals surface area (Å²) in [6, 6.07) is 12.9. The van der Waals surface area contributed by atoms with Crippen molar-refractivity contribution in [3.05, 3.63) is 58.6 Å². The van der Waals surface area contributed by atoms with Crippen LogP contribution in [0.15, 0.2) is 47.5 Å². The molecule has 0 unspecified atom stereocenters. The monoisotopic (exact) mass is 299 g/mol. The number of hydrogen-bond acceptors (Lipinski definition) is 3. The maximum atomic E-state index is 8.83. The van der Waals surface area contributed by atoms with Crippen molar-refractivity contribution in [1.82, 2.24) is 5.32 Å². The first-order valence-electron chi connectivity index (χ1n) is 6.33. The van der Waals surface area contributed by atoms with Crippen molar-refractivity contribution in [2.24, 2.45) is 4.99 Å². The Balaban J connectivity index is 2.31. The highest BCUT2D eigenvalue weighted by Gasteiger charge is 2.08. The molecule has 0 saturated heterocycles. The van der Waals surface area contributed by atoms with Gasteiger partial charge in [-0.2, -0.15) is 10.3 Å². The molecule has 0 fully saturated rings. The van der Waals surface area contributed by atoms with Gasteiger partial charge in [0.15, 0.2) is 6.19 Å². The molecule has 4 nitrogen and oxygen atoms in total. The van der Waals surface area contributed by atoms with Gasteiger partial charge < -0.3 is 4.74 Å². The Hall–Kier alpha value is -2.51. The molecule has 2 aromatic carbocycles. The van der Waals surface area contributed by atoms with E-state index in [1.165, 1.54) is 0 Å². The number of hydrogen-bond donors (Lipinski definition) is 1. The summed E-state index contributed by atoms with van der Waals surface area (Å²) in [7, 11) is 0. The molecule has 0 aliphatic carbocycles. The molecule has 0 atom stereocenters. The Kier molecular flexibility index (Phi) is 4.81. The minimum Gasteiger partial charge on any atom is -0.425 e. The summed E-state index contributed by atoms with van der Waals surface area (Å²) < 4.78 is 5.73. The third kappa shape index (κ3) is 3.98. The zero-order valence-corrected chi connectivity index (χ0v) is 12.5. The second kappa shape index (κ2) is 6.78. The second-order valence-electron chi connectivity index (χ2n) is 4.45. The van der Waals surface area contributed by atoms with Crippen LogP contribution in [-0.2, 0) is 0 Å². The van der Waals surface area contributed by atoms with E-state index in [0.29, 0.717) is 16.5 Å². The number of para-hydroxylation sites is 1. The third-order valence-electron chi connectivity index (χ3n) is 2.83. The molecule has 2 aromatic rings. The highest BCUT2D eigenvalue weighted by Crippen LogP contribution is 2.23. The van der Waals surface area contributed by atoms with Crippen molar-refractivity contribution in [2.45, 2.75) is 13.8 Å². The zero-order valence-electron chi connectivity index (χ0n) is 11.7. The van der Waals surface area contributed by atoms with Gasteiger partial charge in [0, 0.05) is 5.02 Å². The van der Waals surface area contributed by atoms with Gasteiger partial charge in [-0.05, 0) is 49.2 Å². The molecular formula is C16H14ClN3O. The number of rotatable bonds is 2. The molecule has 106 valence electrons. The minimum absolute atomic E-state index is 0.122. The average molecular weight is 300 g/mol. The summed E-state index contributed by atoms with van der Waals surface area (Å²) >= 11 is 5.83. The predicted molar refractivity (Wildman–Crippen MR) is 83.8 cm³/mol. The van der Waals surface area contributed by atoms with Crippen LogP contribution >= 0.6 is 11.6 Å². The van der Waals surface area contributed by atoms with Crippen LogP contribution in [0.5, 0.6) is 5.75 Å². The highest BCUT2D eigenvalue weighted by atomic mass is 35.5. The van der Waals surface area contributed by atoms with E-state index in [1.54, 1.807) is 24.3 Å². The molecule has 0 amide bonds.